The Morgan fingerprint density at radius 1 is 1.17 bits per heavy atom. The lowest BCUT2D eigenvalue weighted by atomic mass is 9.98. The Morgan fingerprint density at radius 2 is 1.90 bits per heavy atom. The molecule has 30 heavy (non-hydrogen) atoms. The Morgan fingerprint density at radius 3 is 2.57 bits per heavy atom. The van der Waals surface area contributed by atoms with Gasteiger partial charge in [-0.3, -0.25) is 14.9 Å². The van der Waals surface area contributed by atoms with E-state index in [1.54, 1.807) is 30.3 Å². The third kappa shape index (κ3) is 5.65. The van der Waals surface area contributed by atoms with E-state index in [1.807, 2.05) is 32.0 Å². The van der Waals surface area contributed by atoms with E-state index < -0.39 is 6.04 Å². The minimum absolute atomic E-state index is 0.0650. The van der Waals surface area contributed by atoms with E-state index in [1.165, 1.54) is 11.3 Å². The first-order valence-corrected chi connectivity index (χ1v) is 11.3. The summed E-state index contributed by atoms with van der Waals surface area (Å²) in [4.78, 5) is 25.6. The van der Waals surface area contributed by atoms with Crippen LogP contribution in [-0.4, -0.2) is 28.1 Å². The summed E-state index contributed by atoms with van der Waals surface area (Å²) in [6.07, 6.45) is 0.725. The van der Waals surface area contributed by atoms with Crippen LogP contribution in [0.2, 0.25) is 5.02 Å². The molecule has 0 aliphatic carbocycles. The van der Waals surface area contributed by atoms with Gasteiger partial charge in [0, 0.05) is 20.6 Å². The number of aromatic nitrogens is 2. The van der Waals surface area contributed by atoms with E-state index >= 15 is 0 Å². The van der Waals surface area contributed by atoms with E-state index in [0.717, 1.165) is 16.5 Å². The SMILES string of the molecule is CCC(C)C(NC(=O)c1cccc(Br)c1)C(=O)Nc1nnc(-c2ccc(Cl)cc2)s1. The molecule has 0 fully saturated rings. The average molecular weight is 508 g/mol. The molecule has 1 heterocycles. The maximum absolute atomic E-state index is 12.9. The molecule has 2 N–H and O–H groups in total. The van der Waals surface area contributed by atoms with Gasteiger partial charge in [0.05, 0.1) is 0 Å². The van der Waals surface area contributed by atoms with Gasteiger partial charge in [-0.1, -0.05) is 77.3 Å². The zero-order valence-electron chi connectivity index (χ0n) is 16.4. The zero-order valence-corrected chi connectivity index (χ0v) is 19.5. The average Bonchev–Trinajstić information content (AvgIpc) is 3.20. The molecule has 2 amide bonds. The highest BCUT2D eigenvalue weighted by atomic mass is 79.9. The number of carbonyl (C=O) groups excluding carboxylic acids is 2. The van der Waals surface area contributed by atoms with E-state index in [2.05, 4.69) is 36.8 Å². The second-order valence-electron chi connectivity index (χ2n) is 6.76. The van der Waals surface area contributed by atoms with Gasteiger partial charge in [0.2, 0.25) is 11.0 Å². The lowest BCUT2D eigenvalue weighted by molar-refractivity contribution is -0.119. The van der Waals surface area contributed by atoms with Crippen molar-refractivity contribution in [2.45, 2.75) is 26.3 Å². The molecule has 1 aromatic heterocycles. The van der Waals surface area contributed by atoms with Crippen molar-refractivity contribution >= 4 is 55.8 Å². The molecule has 2 aromatic carbocycles. The third-order valence-electron chi connectivity index (χ3n) is 4.62. The Labute approximate surface area is 192 Å². The van der Waals surface area contributed by atoms with Crippen LogP contribution >= 0.6 is 38.9 Å². The lowest BCUT2D eigenvalue weighted by Crippen LogP contribution is -2.47. The smallest absolute Gasteiger partial charge is 0.251 e. The van der Waals surface area contributed by atoms with Crippen molar-refractivity contribution in [3.63, 3.8) is 0 Å². The highest BCUT2D eigenvalue weighted by molar-refractivity contribution is 9.10. The van der Waals surface area contributed by atoms with Crippen LogP contribution in [0.3, 0.4) is 0 Å². The molecule has 2 unspecified atom stereocenters. The molecule has 9 heteroatoms. The topological polar surface area (TPSA) is 84.0 Å². The molecule has 0 aliphatic rings. The minimum atomic E-state index is -0.704. The summed E-state index contributed by atoms with van der Waals surface area (Å²) in [5, 5.41) is 15.5. The molecule has 0 saturated carbocycles. The fourth-order valence-corrected chi connectivity index (χ4v) is 4.00. The number of nitrogens with zero attached hydrogens (tertiary/aromatic N) is 2. The number of rotatable bonds is 7. The summed E-state index contributed by atoms with van der Waals surface area (Å²) < 4.78 is 0.795. The van der Waals surface area contributed by atoms with Crippen LogP contribution < -0.4 is 10.6 Å². The van der Waals surface area contributed by atoms with E-state index in [0.29, 0.717) is 20.7 Å². The molecule has 6 nitrogen and oxygen atoms in total. The Kier molecular flexibility index (Phi) is 7.58. The van der Waals surface area contributed by atoms with Crippen molar-refractivity contribution in [1.29, 1.82) is 0 Å². The van der Waals surface area contributed by atoms with Gasteiger partial charge in [-0.2, -0.15) is 0 Å². The van der Waals surface area contributed by atoms with Gasteiger partial charge < -0.3 is 5.32 Å². The van der Waals surface area contributed by atoms with Crippen LogP contribution in [0.5, 0.6) is 0 Å². The molecule has 2 atom stereocenters. The molecule has 3 aromatic rings. The number of hydrogen-bond donors (Lipinski definition) is 2. The number of anilines is 1. The van der Waals surface area contributed by atoms with Crippen LogP contribution in [-0.2, 0) is 4.79 Å². The van der Waals surface area contributed by atoms with E-state index in [-0.39, 0.29) is 17.7 Å². The predicted molar refractivity (Wildman–Crippen MR) is 124 cm³/mol. The first kappa shape index (κ1) is 22.4. The summed E-state index contributed by atoms with van der Waals surface area (Å²) in [6.45, 7) is 3.89. The molecular formula is C21H20BrClN4O2S. The molecule has 3 rings (SSSR count). The van der Waals surface area contributed by atoms with Crippen molar-refractivity contribution in [2.75, 3.05) is 5.32 Å². The molecule has 0 saturated heterocycles. The normalized spacial score (nSPS) is 12.8. The van der Waals surface area contributed by atoms with Gasteiger partial charge >= 0.3 is 0 Å². The van der Waals surface area contributed by atoms with Crippen molar-refractivity contribution in [1.82, 2.24) is 15.5 Å². The summed E-state index contributed by atoms with van der Waals surface area (Å²) in [5.74, 6) is -0.702. The monoisotopic (exact) mass is 506 g/mol. The number of carbonyl (C=O) groups is 2. The van der Waals surface area contributed by atoms with Crippen molar-refractivity contribution in [3.05, 3.63) is 63.6 Å². The highest BCUT2D eigenvalue weighted by Crippen LogP contribution is 2.27. The van der Waals surface area contributed by atoms with Crippen LogP contribution in [0.4, 0.5) is 5.13 Å². The second-order valence-corrected chi connectivity index (χ2v) is 9.09. The van der Waals surface area contributed by atoms with Crippen LogP contribution in [0.1, 0.15) is 30.6 Å². The molecule has 156 valence electrons. The van der Waals surface area contributed by atoms with Crippen LogP contribution in [0.25, 0.3) is 10.6 Å². The molecule has 0 bridgehead atoms. The maximum Gasteiger partial charge on any atom is 0.251 e. The number of amides is 2. The number of nitrogens with one attached hydrogen (secondary N) is 2. The van der Waals surface area contributed by atoms with Gasteiger partial charge in [-0.25, -0.2) is 0 Å². The maximum atomic E-state index is 12.9. The van der Waals surface area contributed by atoms with Gasteiger partial charge in [0.25, 0.3) is 5.91 Å². The predicted octanol–water partition coefficient (Wildman–Crippen LogP) is 5.40. The fourth-order valence-electron chi connectivity index (χ4n) is 2.72. The van der Waals surface area contributed by atoms with Gasteiger partial charge in [0.15, 0.2) is 0 Å². The van der Waals surface area contributed by atoms with Crippen LogP contribution in [0, 0.1) is 5.92 Å². The van der Waals surface area contributed by atoms with E-state index in [9.17, 15) is 9.59 Å². The standard InChI is InChI=1S/C21H20BrClN4O2S/c1-3-12(2)17(24-18(28)14-5-4-6-15(22)11-14)19(29)25-21-27-26-20(30-21)13-7-9-16(23)10-8-13/h4-12,17H,3H2,1-2H3,(H,24,28)(H,25,27,29). The van der Waals surface area contributed by atoms with Crippen molar-refractivity contribution in [3.8, 4) is 10.6 Å². The molecule has 0 aliphatic heterocycles. The Balaban J connectivity index is 1.73. The van der Waals surface area contributed by atoms with Gasteiger partial charge in [-0.05, 0) is 36.2 Å². The van der Waals surface area contributed by atoms with Gasteiger partial charge in [0.1, 0.15) is 11.0 Å². The number of hydrogen-bond acceptors (Lipinski definition) is 5. The Bertz CT molecular complexity index is 1040. The third-order valence-corrected chi connectivity index (χ3v) is 6.25. The minimum Gasteiger partial charge on any atom is -0.340 e. The summed E-state index contributed by atoms with van der Waals surface area (Å²) in [6, 6.07) is 13.5. The van der Waals surface area contributed by atoms with Gasteiger partial charge in [-0.15, -0.1) is 10.2 Å². The first-order valence-electron chi connectivity index (χ1n) is 9.34. The molecule has 0 radical (unpaired) electrons. The largest absolute Gasteiger partial charge is 0.340 e. The number of benzene rings is 2. The Hall–Kier alpha value is -2.29. The van der Waals surface area contributed by atoms with Crippen molar-refractivity contribution in [2.24, 2.45) is 5.92 Å². The van der Waals surface area contributed by atoms with Crippen LogP contribution in [0.15, 0.2) is 53.0 Å². The highest BCUT2D eigenvalue weighted by Gasteiger charge is 2.27. The van der Waals surface area contributed by atoms with Crippen molar-refractivity contribution < 1.29 is 9.59 Å². The quantitative estimate of drug-likeness (QED) is 0.448. The lowest BCUT2D eigenvalue weighted by Gasteiger charge is -2.23. The second kappa shape index (κ2) is 10.1. The summed E-state index contributed by atoms with van der Waals surface area (Å²) in [5.41, 5.74) is 1.34. The summed E-state index contributed by atoms with van der Waals surface area (Å²) in [7, 11) is 0. The first-order chi connectivity index (χ1) is 14.4. The molecular weight excluding hydrogens is 488 g/mol. The number of halogens is 2. The fraction of sp³-hybridized carbons (Fsp3) is 0.238. The molecule has 0 spiro atoms. The summed E-state index contributed by atoms with van der Waals surface area (Å²) >= 11 is 10.5. The van der Waals surface area contributed by atoms with E-state index in [4.69, 9.17) is 11.6 Å². The zero-order chi connectivity index (χ0) is 21.7.